The number of rotatable bonds is 4. The van der Waals surface area contributed by atoms with Gasteiger partial charge in [-0.2, -0.15) is 5.10 Å². The molecule has 1 N–H and O–H groups in total. The minimum atomic E-state index is 0.00859. The van der Waals surface area contributed by atoms with E-state index in [1.165, 1.54) is 5.56 Å². The van der Waals surface area contributed by atoms with Crippen LogP contribution in [0.2, 0.25) is 0 Å². The average Bonchev–Trinajstić information content (AvgIpc) is 3.20. The highest BCUT2D eigenvalue weighted by molar-refractivity contribution is 5.93. The van der Waals surface area contributed by atoms with Crippen LogP contribution in [0.25, 0.3) is 0 Å². The van der Waals surface area contributed by atoms with Gasteiger partial charge in [-0.1, -0.05) is 19.1 Å². The molecule has 156 valence electrons. The molecule has 0 radical (unpaired) electrons. The lowest BCUT2D eigenvalue weighted by molar-refractivity contribution is 0.194. The van der Waals surface area contributed by atoms with Crippen LogP contribution in [-0.2, 0) is 7.05 Å². The van der Waals surface area contributed by atoms with Gasteiger partial charge in [-0.3, -0.25) is 4.68 Å². The van der Waals surface area contributed by atoms with E-state index in [-0.39, 0.29) is 6.03 Å². The maximum Gasteiger partial charge on any atom is 0.321 e. The van der Waals surface area contributed by atoms with Gasteiger partial charge < -0.3 is 20.0 Å². The Kier molecular flexibility index (Phi) is 6.04. The minimum Gasteiger partial charge on any atom is -0.367 e. The fourth-order valence-electron chi connectivity index (χ4n) is 4.42. The molecule has 2 aliphatic heterocycles. The van der Waals surface area contributed by atoms with Crippen molar-refractivity contribution in [3.8, 4) is 0 Å². The van der Waals surface area contributed by atoms with Crippen molar-refractivity contribution in [1.29, 1.82) is 0 Å². The Hall–Kier alpha value is -2.54. The summed E-state index contributed by atoms with van der Waals surface area (Å²) in [6.07, 6.45) is 6.02. The summed E-state index contributed by atoms with van der Waals surface area (Å²) >= 11 is 0. The molecule has 7 heteroatoms. The van der Waals surface area contributed by atoms with Crippen LogP contribution in [0.1, 0.15) is 31.2 Å². The molecule has 29 heavy (non-hydrogen) atoms. The molecule has 2 fully saturated rings. The second kappa shape index (κ2) is 8.86. The van der Waals surface area contributed by atoms with Gasteiger partial charge in [0.1, 0.15) is 0 Å². The predicted molar refractivity (Wildman–Crippen MR) is 117 cm³/mol. The number of hydrogen-bond donors (Lipinski definition) is 1. The molecule has 1 aromatic heterocycles. The topological polar surface area (TPSA) is 56.6 Å². The summed E-state index contributed by atoms with van der Waals surface area (Å²) in [5.41, 5.74) is 3.32. The molecule has 3 heterocycles. The number of anilines is 2. The fourth-order valence-corrected chi connectivity index (χ4v) is 4.42. The van der Waals surface area contributed by atoms with Crippen molar-refractivity contribution in [2.75, 3.05) is 56.0 Å². The molecule has 2 aliphatic rings. The lowest BCUT2D eigenvalue weighted by Crippen LogP contribution is -2.46. The SMILES string of the molecule is CCN1CCN(c2ccccc2NC(=O)N2CCC(c3cnn(C)c3)CC2)CC1. The fraction of sp³-hybridized carbons (Fsp3) is 0.545. The van der Waals surface area contributed by atoms with Gasteiger partial charge in [0.05, 0.1) is 17.6 Å². The number of nitrogens with one attached hydrogen (secondary N) is 1. The maximum atomic E-state index is 12.9. The zero-order chi connectivity index (χ0) is 20.2. The van der Waals surface area contributed by atoms with Gasteiger partial charge in [-0.25, -0.2) is 4.79 Å². The molecule has 0 bridgehead atoms. The van der Waals surface area contributed by atoms with Crippen molar-refractivity contribution in [3.05, 3.63) is 42.2 Å². The van der Waals surface area contributed by atoms with E-state index >= 15 is 0 Å². The number of hydrogen-bond acceptors (Lipinski definition) is 4. The van der Waals surface area contributed by atoms with E-state index in [0.717, 1.165) is 70.0 Å². The van der Waals surface area contributed by atoms with Crippen molar-refractivity contribution in [2.24, 2.45) is 7.05 Å². The molecule has 4 rings (SSSR count). The Morgan fingerprint density at radius 3 is 2.48 bits per heavy atom. The number of aromatic nitrogens is 2. The normalized spacial score (nSPS) is 18.8. The van der Waals surface area contributed by atoms with Gasteiger partial charge in [0, 0.05) is 52.5 Å². The van der Waals surface area contributed by atoms with Gasteiger partial charge >= 0.3 is 6.03 Å². The number of piperazine rings is 1. The lowest BCUT2D eigenvalue weighted by Gasteiger charge is -2.37. The Balaban J connectivity index is 1.36. The van der Waals surface area contributed by atoms with E-state index in [1.54, 1.807) is 0 Å². The maximum absolute atomic E-state index is 12.9. The molecule has 0 atom stereocenters. The third-order valence-electron chi connectivity index (χ3n) is 6.28. The van der Waals surface area contributed by atoms with Gasteiger partial charge in [0.15, 0.2) is 0 Å². The van der Waals surface area contributed by atoms with Gasteiger partial charge in [-0.05, 0) is 43.0 Å². The highest BCUT2D eigenvalue weighted by atomic mass is 16.2. The van der Waals surface area contributed by atoms with Crippen LogP contribution in [0.4, 0.5) is 16.2 Å². The van der Waals surface area contributed by atoms with Crippen molar-refractivity contribution in [1.82, 2.24) is 19.6 Å². The standard InChI is InChI=1S/C22H32N6O/c1-3-26-12-14-27(15-13-26)21-7-5-4-6-20(21)24-22(29)28-10-8-18(9-11-28)19-16-23-25(2)17-19/h4-7,16-18H,3,8-15H2,1-2H3,(H,24,29). The van der Waals surface area contributed by atoms with Crippen LogP contribution < -0.4 is 10.2 Å². The van der Waals surface area contributed by atoms with Gasteiger partial charge in [0.25, 0.3) is 0 Å². The molecule has 2 aromatic rings. The second-order valence-electron chi connectivity index (χ2n) is 8.08. The second-order valence-corrected chi connectivity index (χ2v) is 8.08. The highest BCUT2D eigenvalue weighted by Gasteiger charge is 2.25. The van der Waals surface area contributed by atoms with E-state index in [1.807, 2.05) is 35.0 Å². The first kappa shape index (κ1) is 19.8. The summed E-state index contributed by atoms with van der Waals surface area (Å²) in [5, 5.41) is 7.46. The Morgan fingerprint density at radius 1 is 1.10 bits per heavy atom. The van der Waals surface area contributed by atoms with Crippen molar-refractivity contribution < 1.29 is 4.79 Å². The van der Waals surface area contributed by atoms with E-state index in [9.17, 15) is 4.79 Å². The van der Waals surface area contributed by atoms with E-state index in [4.69, 9.17) is 0 Å². The van der Waals surface area contributed by atoms with Crippen molar-refractivity contribution >= 4 is 17.4 Å². The Labute approximate surface area is 173 Å². The zero-order valence-electron chi connectivity index (χ0n) is 17.5. The number of benzene rings is 1. The van der Waals surface area contributed by atoms with Crippen LogP contribution in [0, 0.1) is 0 Å². The molecular weight excluding hydrogens is 364 g/mol. The number of carbonyl (C=O) groups is 1. The number of likely N-dealkylation sites (N-methyl/N-ethyl adjacent to an activating group) is 1. The number of para-hydroxylation sites is 2. The largest absolute Gasteiger partial charge is 0.367 e. The van der Waals surface area contributed by atoms with E-state index in [0.29, 0.717) is 5.92 Å². The number of amides is 2. The quantitative estimate of drug-likeness (QED) is 0.863. The summed E-state index contributed by atoms with van der Waals surface area (Å²) in [6, 6.07) is 8.19. The minimum absolute atomic E-state index is 0.00859. The average molecular weight is 397 g/mol. The van der Waals surface area contributed by atoms with Crippen LogP contribution in [0.15, 0.2) is 36.7 Å². The molecule has 2 amide bonds. The number of carbonyl (C=O) groups excluding carboxylic acids is 1. The summed E-state index contributed by atoms with van der Waals surface area (Å²) in [4.78, 5) is 19.7. The zero-order valence-corrected chi connectivity index (χ0v) is 17.5. The van der Waals surface area contributed by atoms with E-state index < -0.39 is 0 Å². The molecule has 0 unspecified atom stereocenters. The first-order chi connectivity index (χ1) is 14.1. The Morgan fingerprint density at radius 2 is 1.83 bits per heavy atom. The first-order valence-electron chi connectivity index (χ1n) is 10.7. The number of urea groups is 1. The Bertz CT molecular complexity index is 818. The van der Waals surface area contributed by atoms with Gasteiger partial charge in [-0.15, -0.1) is 0 Å². The van der Waals surface area contributed by atoms with Crippen LogP contribution in [-0.4, -0.2) is 71.4 Å². The van der Waals surface area contributed by atoms with E-state index in [2.05, 4.69) is 45.5 Å². The number of piperidine rings is 1. The van der Waals surface area contributed by atoms with Crippen LogP contribution in [0.5, 0.6) is 0 Å². The van der Waals surface area contributed by atoms with Gasteiger partial charge in [0.2, 0.25) is 0 Å². The van der Waals surface area contributed by atoms with Crippen molar-refractivity contribution in [2.45, 2.75) is 25.7 Å². The third kappa shape index (κ3) is 4.56. The lowest BCUT2D eigenvalue weighted by atomic mass is 9.92. The molecule has 0 spiro atoms. The monoisotopic (exact) mass is 396 g/mol. The predicted octanol–water partition coefficient (Wildman–Crippen LogP) is 2.97. The van der Waals surface area contributed by atoms with Crippen molar-refractivity contribution in [3.63, 3.8) is 0 Å². The molecule has 0 saturated carbocycles. The number of aryl methyl sites for hydroxylation is 1. The third-order valence-corrected chi connectivity index (χ3v) is 6.28. The molecule has 1 aromatic carbocycles. The number of likely N-dealkylation sites (tertiary alicyclic amines) is 1. The number of nitrogens with zero attached hydrogens (tertiary/aromatic N) is 5. The summed E-state index contributed by atoms with van der Waals surface area (Å²) < 4.78 is 1.85. The molecule has 2 saturated heterocycles. The molecule has 0 aliphatic carbocycles. The summed E-state index contributed by atoms with van der Waals surface area (Å²) in [7, 11) is 1.95. The first-order valence-corrected chi connectivity index (χ1v) is 10.7. The summed E-state index contributed by atoms with van der Waals surface area (Å²) in [5.74, 6) is 0.495. The summed E-state index contributed by atoms with van der Waals surface area (Å²) in [6.45, 7) is 9.00. The molecule has 7 nitrogen and oxygen atoms in total. The van der Waals surface area contributed by atoms with Crippen LogP contribution in [0.3, 0.4) is 0 Å². The van der Waals surface area contributed by atoms with Crippen LogP contribution >= 0.6 is 0 Å². The smallest absolute Gasteiger partial charge is 0.321 e. The highest BCUT2D eigenvalue weighted by Crippen LogP contribution is 2.30. The molecular formula is C22H32N6O.